The quantitative estimate of drug-likeness (QED) is 0.591. The highest BCUT2D eigenvalue weighted by Crippen LogP contribution is 2.30. The van der Waals surface area contributed by atoms with Gasteiger partial charge in [0.05, 0.1) is 28.3 Å². The molecule has 0 aliphatic carbocycles. The van der Waals surface area contributed by atoms with E-state index in [1.54, 1.807) is 4.90 Å². The molecular weight excluding hydrogens is 508 g/mol. The van der Waals surface area contributed by atoms with E-state index in [4.69, 9.17) is 4.74 Å². The van der Waals surface area contributed by atoms with E-state index in [1.165, 1.54) is 4.90 Å². The van der Waals surface area contributed by atoms with Gasteiger partial charge in [-0.15, -0.1) is 0 Å². The SMILES string of the molecule is C[C@H](Oc1ccc(S(C)(=O)=O)cc1C(=O)N1CCN(c2nc3c(cc2F)C(=O)NC3)CC1)C(F)(F)F. The number of amides is 2. The Morgan fingerprint density at radius 3 is 2.44 bits per heavy atom. The minimum absolute atomic E-state index is 0.0273. The van der Waals surface area contributed by atoms with Gasteiger partial charge in [-0.25, -0.2) is 17.8 Å². The van der Waals surface area contributed by atoms with E-state index in [2.05, 4.69) is 10.3 Å². The van der Waals surface area contributed by atoms with Gasteiger partial charge in [-0.3, -0.25) is 9.59 Å². The second-order valence-corrected chi connectivity index (χ2v) is 10.5. The lowest BCUT2D eigenvalue weighted by atomic mass is 10.1. The summed E-state index contributed by atoms with van der Waals surface area (Å²) in [5.41, 5.74) is 0.249. The second kappa shape index (κ2) is 9.22. The maximum atomic E-state index is 14.6. The minimum Gasteiger partial charge on any atom is -0.480 e. The van der Waals surface area contributed by atoms with Crippen molar-refractivity contribution >= 4 is 27.5 Å². The number of ether oxygens (including phenoxy) is 1. The number of fused-ring (bicyclic) bond motifs is 1. The molecule has 0 radical (unpaired) electrons. The first-order valence-corrected chi connectivity index (χ1v) is 12.7. The van der Waals surface area contributed by atoms with Crippen LogP contribution in [0, 0.1) is 5.82 Å². The van der Waals surface area contributed by atoms with Gasteiger partial charge in [0.2, 0.25) is 0 Å². The van der Waals surface area contributed by atoms with Crippen molar-refractivity contribution in [2.24, 2.45) is 0 Å². The predicted molar refractivity (Wildman–Crippen MR) is 119 cm³/mol. The fraction of sp³-hybridized carbons (Fsp3) is 0.409. The standard InChI is InChI=1S/C22H22F4N4O5S/c1-12(22(24,25)26)35-18-4-3-13(36(2,33)34)9-15(18)21(32)30-7-5-29(6-8-30)19-16(23)10-14-17(28-19)11-27-20(14)31/h3-4,9-10,12H,5-8,11H2,1-2H3,(H,27,31)/t12-/m0/s1. The van der Waals surface area contributed by atoms with Crippen molar-refractivity contribution in [1.82, 2.24) is 15.2 Å². The summed E-state index contributed by atoms with van der Waals surface area (Å²) in [5, 5.41) is 2.56. The Hall–Kier alpha value is -3.42. The van der Waals surface area contributed by atoms with Crippen LogP contribution < -0.4 is 15.0 Å². The van der Waals surface area contributed by atoms with E-state index in [0.29, 0.717) is 5.69 Å². The second-order valence-electron chi connectivity index (χ2n) is 8.48. The summed E-state index contributed by atoms with van der Waals surface area (Å²) in [6.45, 7) is 1.37. The van der Waals surface area contributed by atoms with Gasteiger partial charge in [0, 0.05) is 32.4 Å². The third-order valence-electron chi connectivity index (χ3n) is 5.94. The number of halogens is 4. The third kappa shape index (κ3) is 5.08. The number of alkyl halides is 3. The molecule has 1 aromatic carbocycles. The lowest BCUT2D eigenvalue weighted by molar-refractivity contribution is -0.189. The smallest absolute Gasteiger partial charge is 0.425 e. The van der Waals surface area contributed by atoms with Crippen molar-refractivity contribution in [2.45, 2.75) is 30.6 Å². The normalized spacial score (nSPS) is 17.0. The molecule has 0 saturated carbocycles. The molecule has 1 N–H and O–H groups in total. The number of hydrogen-bond acceptors (Lipinski definition) is 7. The van der Waals surface area contributed by atoms with Crippen molar-refractivity contribution in [1.29, 1.82) is 0 Å². The Bertz CT molecular complexity index is 1320. The van der Waals surface area contributed by atoms with Gasteiger partial charge in [-0.1, -0.05) is 0 Å². The molecule has 3 heterocycles. The van der Waals surface area contributed by atoms with Crippen molar-refractivity contribution < 1.29 is 40.3 Å². The highest BCUT2D eigenvalue weighted by Gasteiger charge is 2.39. The lowest BCUT2D eigenvalue weighted by Gasteiger charge is -2.36. The molecule has 4 rings (SSSR count). The van der Waals surface area contributed by atoms with Crippen LogP contribution >= 0.6 is 0 Å². The highest BCUT2D eigenvalue weighted by atomic mass is 32.2. The molecule has 0 bridgehead atoms. The zero-order valence-corrected chi connectivity index (χ0v) is 20.0. The molecule has 2 aliphatic rings. The number of nitrogens with one attached hydrogen (secondary N) is 1. The molecule has 1 fully saturated rings. The van der Waals surface area contributed by atoms with Crippen molar-refractivity contribution in [3.63, 3.8) is 0 Å². The molecular formula is C22H22F4N4O5S. The summed E-state index contributed by atoms with van der Waals surface area (Å²) in [4.78, 5) is 31.9. The van der Waals surface area contributed by atoms with Gasteiger partial charge in [-0.05, 0) is 31.2 Å². The van der Waals surface area contributed by atoms with Crippen molar-refractivity contribution in [2.75, 3.05) is 37.3 Å². The third-order valence-corrected chi connectivity index (χ3v) is 7.05. The molecule has 2 aliphatic heterocycles. The Morgan fingerprint density at radius 1 is 1.17 bits per heavy atom. The number of pyridine rings is 1. The first-order chi connectivity index (χ1) is 16.8. The van der Waals surface area contributed by atoms with Crippen molar-refractivity contribution in [3.8, 4) is 5.75 Å². The summed E-state index contributed by atoms with van der Waals surface area (Å²) >= 11 is 0. The molecule has 9 nitrogen and oxygen atoms in total. The zero-order chi connectivity index (χ0) is 26.4. The van der Waals surface area contributed by atoms with E-state index in [-0.39, 0.29) is 54.6 Å². The van der Waals surface area contributed by atoms with Crippen LogP contribution in [-0.2, 0) is 16.4 Å². The van der Waals surface area contributed by atoms with Crippen LogP contribution in [0.3, 0.4) is 0 Å². The number of hydrogen-bond donors (Lipinski definition) is 1. The van der Waals surface area contributed by atoms with Gasteiger partial charge in [0.1, 0.15) is 5.75 Å². The van der Waals surface area contributed by atoms with E-state index in [1.807, 2.05) is 0 Å². The average molecular weight is 531 g/mol. The molecule has 194 valence electrons. The summed E-state index contributed by atoms with van der Waals surface area (Å²) in [5.74, 6) is -2.19. The van der Waals surface area contributed by atoms with Gasteiger partial charge in [0.15, 0.2) is 27.6 Å². The molecule has 2 amide bonds. The molecule has 14 heteroatoms. The summed E-state index contributed by atoms with van der Waals surface area (Å²) in [7, 11) is -3.76. The lowest BCUT2D eigenvalue weighted by Crippen LogP contribution is -2.49. The number of piperazine rings is 1. The monoisotopic (exact) mass is 530 g/mol. The van der Waals surface area contributed by atoms with Crippen LogP contribution in [0.1, 0.15) is 33.3 Å². The van der Waals surface area contributed by atoms with Gasteiger partial charge in [-0.2, -0.15) is 13.2 Å². The molecule has 1 aromatic heterocycles. The first-order valence-electron chi connectivity index (χ1n) is 10.8. The number of rotatable bonds is 5. The molecule has 2 aromatic rings. The first kappa shape index (κ1) is 25.7. The van der Waals surface area contributed by atoms with E-state index >= 15 is 0 Å². The summed E-state index contributed by atoms with van der Waals surface area (Å²) in [6, 6.07) is 4.21. The maximum absolute atomic E-state index is 14.6. The van der Waals surface area contributed by atoms with E-state index in [0.717, 1.165) is 37.4 Å². The number of carbonyl (C=O) groups excluding carboxylic acids is 2. The highest BCUT2D eigenvalue weighted by molar-refractivity contribution is 7.90. The topological polar surface area (TPSA) is 109 Å². The fourth-order valence-corrected chi connectivity index (χ4v) is 4.53. The summed E-state index contributed by atoms with van der Waals surface area (Å²) < 4.78 is 82.7. The van der Waals surface area contributed by atoms with Gasteiger partial charge >= 0.3 is 6.18 Å². The van der Waals surface area contributed by atoms with Gasteiger partial charge in [0.25, 0.3) is 11.8 Å². The number of anilines is 1. The number of benzene rings is 1. The molecule has 0 spiro atoms. The largest absolute Gasteiger partial charge is 0.480 e. The fourth-order valence-electron chi connectivity index (χ4n) is 3.89. The predicted octanol–water partition coefficient (Wildman–Crippen LogP) is 2.16. The van der Waals surface area contributed by atoms with Crippen LogP contribution in [0.4, 0.5) is 23.4 Å². The Balaban J connectivity index is 1.55. The number of nitrogens with zero attached hydrogens (tertiary/aromatic N) is 3. The Labute approximate surface area is 204 Å². The summed E-state index contributed by atoms with van der Waals surface area (Å²) in [6.07, 6.45) is -6.02. The van der Waals surface area contributed by atoms with E-state index < -0.39 is 45.5 Å². The molecule has 1 atom stereocenters. The minimum atomic E-state index is -4.70. The number of aromatic nitrogens is 1. The molecule has 0 unspecified atom stereocenters. The molecule has 36 heavy (non-hydrogen) atoms. The number of sulfone groups is 1. The maximum Gasteiger partial charge on any atom is 0.425 e. The van der Waals surface area contributed by atoms with Crippen LogP contribution in [0.25, 0.3) is 0 Å². The van der Waals surface area contributed by atoms with Gasteiger partial charge < -0.3 is 19.9 Å². The van der Waals surface area contributed by atoms with Crippen LogP contribution in [0.15, 0.2) is 29.2 Å². The van der Waals surface area contributed by atoms with Crippen LogP contribution in [-0.4, -0.2) is 74.8 Å². The van der Waals surface area contributed by atoms with Crippen LogP contribution in [0.5, 0.6) is 5.75 Å². The van der Waals surface area contributed by atoms with Crippen molar-refractivity contribution in [3.05, 3.63) is 46.9 Å². The zero-order valence-electron chi connectivity index (χ0n) is 19.2. The molecule has 1 saturated heterocycles. The Kier molecular flexibility index (Phi) is 6.58. The van der Waals surface area contributed by atoms with Crippen LogP contribution in [0.2, 0.25) is 0 Å². The number of carbonyl (C=O) groups is 2. The average Bonchev–Trinajstić information content (AvgIpc) is 3.16. The van der Waals surface area contributed by atoms with E-state index in [9.17, 15) is 35.6 Å². The Morgan fingerprint density at radius 2 is 1.83 bits per heavy atom.